The van der Waals surface area contributed by atoms with Crippen molar-refractivity contribution in [1.29, 1.82) is 0 Å². The molecular weight excluding hydrogens is 518 g/mol. The number of nitrogens with one attached hydrogen (secondary N) is 2. The Bertz CT molecular complexity index is 1180. The van der Waals surface area contributed by atoms with Gasteiger partial charge in [0.15, 0.2) is 6.10 Å². The number of hydrogen-bond acceptors (Lipinski definition) is 7. The topological polar surface area (TPSA) is 128 Å². The number of thioether (sulfide) groups is 1. The van der Waals surface area contributed by atoms with Crippen LogP contribution in [0, 0.1) is 12.8 Å². The number of ether oxygens (including phenoxy) is 1. The highest BCUT2D eigenvalue weighted by Crippen LogP contribution is 2.40. The van der Waals surface area contributed by atoms with Crippen molar-refractivity contribution in [2.24, 2.45) is 5.92 Å². The zero-order valence-corrected chi connectivity index (χ0v) is 23.4. The van der Waals surface area contributed by atoms with Gasteiger partial charge in [0, 0.05) is 34.9 Å². The summed E-state index contributed by atoms with van der Waals surface area (Å²) in [4.78, 5) is 41.7. The third kappa shape index (κ3) is 6.74. The molecule has 210 valence electrons. The minimum Gasteiger partial charge on any atom is -0.508 e. The number of hydrogen-bond donors (Lipinski definition) is 4. The molecule has 2 aromatic carbocycles. The molecule has 2 heterocycles. The van der Waals surface area contributed by atoms with Gasteiger partial charge in [-0.25, -0.2) is 0 Å². The van der Waals surface area contributed by atoms with Crippen molar-refractivity contribution in [3.63, 3.8) is 0 Å². The summed E-state index contributed by atoms with van der Waals surface area (Å²) in [6.07, 6.45) is -0.524. The van der Waals surface area contributed by atoms with Crippen LogP contribution in [0.1, 0.15) is 41.8 Å². The van der Waals surface area contributed by atoms with E-state index in [0.717, 1.165) is 12.0 Å². The lowest BCUT2D eigenvalue weighted by molar-refractivity contribution is -0.147. The minimum absolute atomic E-state index is 0.0202. The van der Waals surface area contributed by atoms with Gasteiger partial charge in [0.05, 0.1) is 18.5 Å². The molecule has 39 heavy (non-hydrogen) atoms. The molecule has 2 aliphatic heterocycles. The average molecular weight is 556 g/mol. The van der Waals surface area contributed by atoms with Crippen molar-refractivity contribution in [2.75, 3.05) is 25.6 Å². The molecule has 2 saturated heterocycles. The number of aromatic hydroxyl groups is 1. The fraction of sp³-hybridized carbons (Fsp3) is 0.483. The maximum absolute atomic E-state index is 13.8. The molecule has 0 aromatic heterocycles. The summed E-state index contributed by atoms with van der Waals surface area (Å²) in [6.45, 7) is 7.20. The molecule has 2 aliphatic rings. The highest BCUT2D eigenvalue weighted by Gasteiger charge is 2.49. The van der Waals surface area contributed by atoms with Gasteiger partial charge in [-0.1, -0.05) is 36.4 Å². The van der Waals surface area contributed by atoms with Crippen LogP contribution in [0.5, 0.6) is 5.75 Å². The van der Waals surface area contributed by atoms with E-state index >= 15 is 0 Å². The van der Waals surface area contributed by atoms with Gasteiger partial charge in [-0.05, 0) is 51.3 Å². The predicted molar refractivity (Wildman–Crippen MR) is 149 cm³/mol. The molecule has 4 atom stereocenters. The molecule has 0 saturated carbocycles. The molecule has 3 amide bonds. The van der Waals surface area contributed by atoms with Gasteiger partial charge >= 0.3 is 0 Å². The van der Waals surface area contributed by atoms with E-state index in [-0.39, 0.29) is 35.4 Å². The van der Waals surface area contributed by atoms with Gasteiger partial charge in [0.1, 0.15) is 11.8 Å². The molecule has 2 unspecified atom stereocenters. The fourth-order valence-electron chi connectivity index (χ4n) is 5.07. The second-order valence-corrected chi connectivity index (χ2v) is 12.3. The molecule has 2 fully saturated rings. The third-order valence-corrected chi connectivity index (χ3v) is 8.84. The van der Waals surface area contributed by atoms with Crippen LogP contribution in [0.2, 0.25) is 0 Å². The molecule has 0 bridgehead atoms. The monoisotopic (exact) mass is 555 g/mol. The summed E-state index contributed by atoms with van der Waals surface area (Å²) in [7, 11) is 0. The lowest BCUT2D eigenvalue weighted by atomic mass is 9.96. The molecular formula is C29H37N3O6S. The number of phenolic OH excluding ortho intramolecular Hbond substituents is 1. The van der Waals surface area contributed by atoms with Gasteiger partial charge in [-0.15, -0.1) is 11.8 Å². The van der Waals surface area contributed by atoms with Gasteiger partial charge in [0.2, 0.25) is 5.91 Å². The molecule has 4 N–H and O–H groups in total. The third-order valence-electron chi connectivity index (χ3n) is 7.47. The SMILES string of the molecule is Cc1c(O)cccc1C(=O)NC(Cc1ccccc1)[C@H](O)C(=O)N1CSC(C)(C)[C@H]1C(=O)NCC1CCOC1. The first-order chi connectivity index (χ1) is 18.6. The van der Waals surface area contributed by atoms with Crippen LogP contribution in [0.15, 0.2) is 48.5 Å². The summed E-state index contributed by atoms with van der Waals surface area (Å²) in [5.41, 5.74) is 1.47. The summed E-state index contributed by atoms with van der Waals surface area (Å²) in [6, 6.07) is 12.1. The van der Waals surface area contributed by atoms with Crippen molar-refractivity contribution < 1.29 is 29.3 Å². The molecule has 9 nitrogen and oxygen atoms in total. The smallest absolute Gasteiger partial charge is 0.254 e. The minimum atomic E-state index is -1.60. The van der Waals surface area contributed by atoms with Crippen LogP contribution in [0.3, 0.4) is 0 Å². The molecule has 4 rings (SSSR count). The van der Waals surface area contributed by atoms with E-state index in [1.807, 2.05) is 44.2 Å². The van der Waals surface area contributed by atoms with Crippen LogP contribution in [-0.2, 0) is 20.7 Å². The zero-order valence-electron chi connectivity index (χ0n) is 22.6. The van der Waals surface area contributed by atoms with E-state index in [1.54, 1.807) is 19.1 Å². The van der Waals surface area contributed by atoms with Crippen molar-refractivity contribution in [2.45, 2.75) is 56.5 Å². The Morgan fingerprint density at radius 1 is 1.15 bits per heavy atom. The predicted octanol–water partition coefficient (Wildman–Crippen LogP) is 2.24. The van der Waals surface area contributed by atoms with Crippen LogP contribution in [0.25, 0.3) is 0 Å². The van der Waals surface area contributed by atoms with E-state index < -0.39 is 34.7 Å². The fourth-order valence-corrected chi connectivity index (χ4v) is 6.21. The molecule has 10 heteroatoms. The van der Waals surface area contributed by atoms with Crippen molar-refractivity contribution in [3.05, 3.63) is 65.2 Å². The number of nitrogens with zero attached hydrogens (tertiary/aromatic N) is 1. The number of amides is 3. The Hall–Kier alpha value is -3.08. The highest BCUT2D eigenvalue weighted by molar-refractivity contribution is 8.00. The van der Waals surface area contributed by atoms with E-state index in [2.05, 4.69) is 10.6 Å². The van der Waals surface area contributed by atoms with E-state index in [1.165, 1.54) is 22.7 Å². The molecule has 0 aliphatic carbocycles. The quantitative estimate of drug-likeness (QED) is 0.374. The van der Waals surface area contributed by atoms with Crippen molar-refractivity contribution in [3.8, 4) is 5.75 Å². The second-order valence-electron chi connectivity index (χ2n) is 10.7. The van der Waals surface area contributed by atoms with Gasteiger partial charge in [-0.2, -0.15) is 0 Å². The normalized spacial score (nSPS) is 21.8. The summed E-state index contributed by atoms with van der Waals surface area (Å²) in [5.74, 6) is -0.936. The Morgan fingerprint density at radius 2 is 1.90 bits per heavy atom. The van der Waals surface area contributed by atoms with Gasteiger partial charge in [-0.3, -0.25) is 14.4 Å². The number of rotatable bonds is 9. The molecule has 0 radical (unpaired) electrons. The number of carbonyl (C=O) groups excluding carboxylic acids is 3. The van der Waals surface area contributed by atoms with Gasteiger partial charge in [0.25, 0.3) is 11.8 Å². The number of carbonyl (C=O) groups is 3. The Kier molecular flexibility index (Phi) is 9.19. The summed E-state index contributed by atoms with van der Waals surface area (Å²) in [5, 5.41) is 27.2. The Balaban J connectivity index is 1.54. The Labute approximate surface area is 233 Å². The summed E-state index contributed by atoms with van der Waals surface area (Å²) < 4.78 is 4.83. The van der Waals surface area contributed by atoms with Crippen LogP contribution in [0.4, 0.5) is 0 Å². The average Bonchev–Trinajstić information content (AvgIpc) is 3.55. The first kappa shape index (κ1) is 28.9. The number of aliphatic hydroxyl groups is 1. The van der Waals surface area contributed by atoms with Gasteiger partial charge < -0.3 is 30.5 Å². The maximum atomic E-state index is 13.8. The van der Waals surface area contributed by atoms with Crippen molar-refractivity contribution >= 4 is 29.5 Å². The highest BCUT2D eigenvalue weighted by atomic mass is 32.2. The molecule has 0 spiro atoms. The van der Waals surface area contributed by atoms with Crippen LogP contribution in [-0.4, -0.2) is 81.4 Å². The maximum Gasteiger partial charge on any atom is 0.254 e. The first-order valence-electron chi connectivity index (χ1n) is 13.2. The number of phenols is 1. The standard InChI is InChI=1S/C29H37N3O6S/c1-18-21(10-7-11-23(18)33)26(35)31-22(14-19-8-5-4-6-9-19)24(34)28(37)32-17-39-29(2,3)25(32)27(36)30-15-20-12-13-38-16-20/h4-11,20,22,24-25,33-34H,12-17H2,1-3H3,(H,30,36)(H,31,35)/t20?,22?,24-,25+/m0/s1. The number of aliphatic hydroxyl groups excluding tert-OH is 1. The van der Waals surface area contributed by atoms with Crippen molar-refractivity contribution in [1.82, 2.24) is 15.5 Å². The lowest BCUT2D eigenvalue weighted by Gasteiger charge is -2.33. The van der Waals surface area contributed by atoms with E-state index in [9.17, 15) is 24.6 Å². The second kappa shape index (κ2) is 12.4. The zero-order chi connectivity index (χ0) is 28.2. The Morgan fingerprint density at radius 3 is 2.59 bits per heavy atom. The van der Waals surface area contributed by atoms with Crippen LogP contribution >= 0.6 is 11.8 Å². The largest absolute Gasteiger partial charge is 0.508 e. The molecule has 2 aromatic rings. The lowest BCUT2D eigenvalue weighted by Crippen LogP contribution is -2.59. The van der Waals surface area contributed by atoms with E-state index in [0.29, 0.717) is 25.3 Å². The summed E-state index contributed by atoms with van der Waals surface area (Å²) >= 11 is 1.47. The number of benzene rings is 2. The first-order valence-corrected chi connectivity index (χ1v) is 14.2. The van der Waals surface area contributed by atoms with E-state index in [4.69, 9.17) is 4.74 Å². The van der Waals surface area contributed by atoms with Crippen LogP contribution < -0.4 is 10.6 Å².